The lowest BCUT2D eigenvalue weighted by atomic mass is 9.95. The molecule has 1 saturated heterocycles. The smallest absolute Gasteiger partial charge is 0.0931 e. The van der Waals surface area contributed by atoms with E-state index in [0.717, 1.165) is 24.0 Å². The minimum Gasteiger partial charge on any atom is -0.303 e. The highest BCUT2D eigenvalue weighted by Crippen LogP contribution is 2.36. The molecule has 0 amide bonds. The van der Waals surface area contributed by atoms with Crippen molar-refractivity contribution in [3.8, 4) is 0 Å². The van der Waals surface area contributed by atoms with E-state index in [2.05, 4.69) is 36.9 Å². The van der Waals surface area contributed by atoms with Gasteiger partial charge in [0.15, 0.2) is 0 Å². The normalized spacial score (nSPS) is 29.6. The molecular formula is C11H17ClN2S. The van der Waals surface area contributed by atoms with Crippen molar-refractivity contribution < 1.29 is 0 Å². The Labute approximate surface area is 100 Å². The second kappa shape index (κ2) is 4.06. The summed E-state index contributed by atoms with van der Waals surface area (Å²) in [4.78, 5) is 6.17. The minimum atomic E-state index is 0.116. The summed E-state index contributed by atoms with van der Waals surface area (Å²) < 4.78 is 0.882. The zero-order chi connectivity index (χ0) is 11.1. The first-order valence-corrected chi connectivity index (χ1v) is 6.37. The number of nitrogens with zero attached hydrogens (tertiary/aromatic N) is 2. The fraction of sp³-hybridized carbons (Fsp3) is 0.636. The van der Waals surface area contributed by atoms with E-state index < -0.39 is 0 Å². The predicted molar refractivity (Wildman–Crippen MR) is 66.8 cm³/mol. The summed E-state index contributed by atoms with van der Waals surface area (Å²) in [5.41, 5.74) is 0.116. The molecule has 0 aromatic carbocycles. The molecule has 2 rings (SSSR count). The lowest BCUT2D eigenvalue weighted by Crippen LogP contribution is -2.55. The summed E-state index contributed by atoms with van der Waals surface area (Å²) in [7, 11) is 4.38. The Hall–Kier alpha value is -0.0900. The van der Waals surface area contributed by atoms with Crippen LogP contribution in [-0.4, -0.2) is 43.5 Å². The second-order valence-corrected chi connectivity index (χ2v) is 6.25. The number of rotatable bonds is 1. The van der Waals surface area contributed by atoms with Gasteiger partial charge in [0.2, 0.25) is 0 Å². The van der Waals surface area contributed by atoms with Crippen LogP contribution < -0.4 is 0 Å². The third-order valence-corrected chi connectivity index (χ3v) is 4.83. The van der Waals surface area contributed by atoms with Gasteiger partial charge in [0, 0.05) is 24.5 Å². The van der Waals surface area contributed by atoms with E-state index in [0.29, 0.717) is 0 Å². The lowest BCUT2D eigenvalue weighted by Gasteiger charge is -2.45. The average molecular weight is 245 g/mol. The van der Waals surface area contributed by atoms with Gasteiger partial charge in [-0.2, -0.15) is 0 Å². The van der Waals surface area contributed by atoms with E-state index in [4.69, 9.17) is 11.6 Å². The van der Waals surface area contributed by atoms with Gasteiger partial charge in [0.1, 0.15) is 0 Å². The molecule has 0 N–H and O–H groups in total. The van der Waals surface area contributed by atoms with Crippen LogP contribution in [0.3, 0.4) is 0 Å². The molecule has 1 atom stereocenters. The van der Waals surface area contributed by atoms with E-state index in [1.54, 1.807) is 11.3 Å². The molecule has 2 heterocycles. The van der Waals surface area contributed by atoms with Crippen molar-refractivity contribution in [3.05, 3.63) is 21.3 Å². The van der Waals surface area contributed by atoms with Crippen molar-refractivity contribution in [2.24, 2.45) is 0 Å². The maximum Gasteiger partial charge on any atom is 0.0931 e. The number of halogens is 1. The van der Waals surface area contributed by atoms with Gasteiger partial charge in [-0.05, 0) is 33.2 Å². The van der Waals surface area contributed by atoms with Crippen molar-refractivity contribution in [2.45, 2.75) is 12.5 Å². The summed E-state index contributed by atoms with van der Waals surface area (Å²) in [6, 6.07) is 4.15. The van der Waals surface area contributed by atoms with Gasteiger partial charge in [0.25, 0.3) is 0 Å². The molecular weight excluding hydrogens is 228 g/mol. The van der Waals surface area contributed by atoms with Gasteiger partial charge < -0.3 is 4.90 Å². The third-order valence-electron chi connectivity index (χ3n) is 3.34. The van der Waals surface area contributed by atoms with Gasteiger partial charge in [-0.15, -0.1) is 11.3 Å². The highest BCUT2D eigenvalue weighted by atomic mass is 35.5. The first-order chi connectivity index (χ1) is 7.02. The van der Waals surface area contributed by atoms with Crippen LogP contribution in [0.1, 0.15) is 11.8 Å². The Bertz CT molecular complexity index is 352. The van der Waals surface area contributed by atoms with E-state index in [-0.39, 0.29) is 5.54 Å². The minimum absolute atomic E-state index is 0.116. The molecule has 0 bridgehead atoms. The molecule has 0 radical (unpaired) electrons. The van der Waals surface area contributed by atoms with Gasteiger partial charge >= 0.3 is 0 Å². The topological polar surface area (TPSA) is 6.48 Å². The number of likely N-dealkylation sites (N-methyl/N-ethyl adjacent to an activating group) is 2. The first kappa shape index (κ1) is 11.4. The van der Waals surface area contributed by atoms with Gasteiger partial charge in [0.05, 0.1) is 9.88 Å². The molecule has 84 valence electrons. The zero-order valence-corrected chi connectivity index (χ0v) is 11.0. The summed E-state index contributed by atoms with van der Waals surface area (Å²) in [6.07, 6.45) is 0. The Balaban J connectivity index is 2.30. The molecule has 2 nitrogen and oxygen atoms in total. The molecule has 1 aromatic rings. The molecule has 1 aliphatic heterocycles. The lowest BCUT2D eigenvalue weighted by molar-refractivity contribution is 0.0406. The number of thiophene rings is 1. The van der Waals surface area contributed by atoms with E-state index in [1.807, 2.05) is 6.07 Å². The van der Waals surface area contributed by atoms with E-state index >= 15 is 0 Å². The monoisotopic (exact) mass is 244 g/mol. The highest BCUT2D eigenvalue weighted by molar-refractivity contribution is 7.16. The summed E-state index contributed by atoms with van der Waals surface area (Å²) in [5.74, 6) is 0. The average Bonchev–Trinajstić information content (AvgIpc) is 2.59. The summed E-state index contributed by atoms with van der Waals surface area (Å²) in [5, 5.41) is 0. The molecule has 4 heteroatoms. The number of hydrogen-bond donors (Lipinski definition) is 0. The molecule has 0 spiro atoms. The van der Waals surface area contributed by atoms with Crippen molar-refractivity contribution in [3.63, 3.8) is 0 Å². The van der Waals surface area contributed by atoms with Crippen LogP contribution in [0.4, 0.5) is 0 Å². The molecule has 1 fully saturated rings. The van der Waals surface area contributed by atoms with Gasteiger partial charge in [-0.3, -0.25) is 4.90 Å². The zero-order valence-electron chi connectivity index (χ0n) is 9.46. The molecule has 0 aliphatic carbocycles. The standard InChI is InChI=1S/C11H17ClN2S/c1-11(9-4-5-10(12)15-9)8-13(2)6-7-14(11)3/h4-5H,6-8H2,1-3H3. The van der Waals surface area contributed by atoms with Crippen molar-refractivity contribution in [2.75, 3.05) is 33.7 Å². The Morgan fingerprint density at radius 3 is 2.67 bits per heavy atom. The van der Waals surface area contributed by atoms with E-state index in [1.165, 1.54) is 4.88 Å². The Kier molecular flexibility index (Phi) is 3.08. The Morgan fingerprint density at radius 1 is 1.33 bits per heavy atom. The Morgan fingerprint density at radius 2 is 2.07 bits per heavy atom. The van der Waals surface area contributed by atoms with Gasteiger partial charge in [-0.25, -0.2) is 0 Å². The van der Waals surface area contributed by atoms with Crippen LogP contribution >= 0.6 is 22.9 Å². The summed E-state index contributed by atoms with van der Waals surface area (Å²) >= 11 is 7.71. The fourth-order valence-electron chi connectivity index (χ4n) is 2.16. The van der Waals surface area contributed by atoms with Crippen LogP contribution in [0.15, 0.2) is 12.1 Å². The van der Waals surface area contributed by atoms with Crippen molar-refractivity contribution in [1.82, 2.24) is 9.80 Å². The molecule has 1 aromatic heterocycles. The molecule has 0 saturated carbocycles. The van der Waals surface area contributed by atoms with Crippen LogP contribution in [-0.2, 0) is 5.54 Å². The van der Waals surface area contributed by atoms with Crippen LogP contribution in [0.5, 0.6) is 0 Å². The fourth-order valence-corrected chi connectivity index (χ4v) is 3.40. The predicted octanol–water partition coefficient (Wildman–Crippen LogP) is 2.49. The summed E-state index contributed by atoms with van der Waals surface area (Å²) in [6.45, 7) is 5.62. The first-order valence-electron chi connectivity index (χ1n) is 5.18. The number of hydrogen-bond acceptors (Lipinski definition) is 3. The van der Waals surface area contributed by atoms with Crippen molar-refractivity contribution >= 4 is 22.9 Å². The third kappa shape index (κ3) is 2.07. The maximum atomic E-state index is 6.01. The molecule has 15 heavy (non-hydrogen) atoms. The largest absolute Gasteiger partial charge is 0.303 e. The van der Waals surface area contributed by atoms with Crippen molar-refractivity contribution in [1.29, 1.82) is 0 Å². The second-order valence-electron chi connectivity index (χ2n) is 4.54. The highest BCUT2D eigenvalue weighted by Gasteiger charge is 2.36. The molecule has 1 aliphatic rings. The van der Waals surface area contributed by atoms with Crippen LogP contribution in [0, 0.1) is 0 Å². The van der Waals surface area contributed by atoms with Crippen LogP contribution in [0.2, 0.25) is 4.34 Å². The quantitative estimate of drug-likeness (QED) is 0.749. The van der Waals surface area contributed by atoms with E-state index in [9.17, 15) is 0 Å². The maximum absolute atomic E-state index is 6.01. The van der Waals surface area contributed by atoms with Crippen LogP contribution in [0.25, 0.3) is 0 Å². The van der Waals surface area contributed by atoms with Gasteiger partial charge in [-0.1, -0.05) is 11.6 Å². The SMILES string of the molecule is CN1CCN(C)C(C)(c2ccc(Cl)s2)C1. The number of piperazine rings is 1. The molecule has 1 unspecified atom stereocenters.